The largest absolute Gasteiger partial charge is 0.352 e. The second-order valence-corrected chi connectivity index (χ2v) is 5.64. The average molecular weight is 340 g/mol. The van der Waals surface area contributed by atoms with Gasteiger partial charge in [-0.2, -0.15) is 0 Å². The van der Waals surface area contributed by atoms with Crippen LogP contribution in [0.1, 0.15) is 18.9 Å². The standard InChI is InChI=1S/C14H18BrN3O2/c1-2-5-16-7-10-3-4-12(11(15)6-10)18-8-13(19)17-14(20)9-18/h3-4,6,16H,2,5,7-9H2,1H3,(H,17,19,20). The van der Waals surface area contributed by atoms with E-state index in [1.54, 1.807) is 4.90 Å². The first kappa shape index (κ1) is 15.0. The zero-order chi connectivity index (χ0) is 14.5. The molecule has 1 aromatic rings. The molecule has 1 heterocycles. The number of carbonyl (C=O) groups is 2. The Balaban J connectivity index is 2.09. The Bertz CT molecular complexity index is 503. The molecule has 2 N–H and O–H groups in total. The Hall–Kier alpha value is -1.40. The molecule has 0 unspecified atom stereocenters. The number of carbonyl (C=O) groups excluding carboxylic acids is 2. The minimum absolute atomic E-state index is 0.206. The molecule has 0 spiro atoms. The number of halogens is 1. The Morgan fingerprint density at radius 2 is 2.00 bits per heavy atom. The number of nitrogens with one attached hydrogen (secondary N) is 2. The normalized spacial score (nSPS) is 15.4. The summed E-state index contributed by atoms with van der Waals surface area (Å²) in [6, 6.07) is 5.98. The van der Waals surface area contributed by atoms with Crippen LogP contribution in [-0.4, -0.2) is 31.4 Å². The molecule has 20 heavy (non-hydrogen) atoms. The van der Waals surface area contributed by atoms with E-state index < -0.39 is 0 Å². The molecular formula is C14H18BrN3O2. The molecule has 0 radical (unpaired) electrons. The highest BCUT2D eigenvalue weighted by molar-refractivity contribution is 9.10. The van der Waals surface area contributed by atoms with Crippen molar-refractivity contribution in [2.45, 2.75) is 19.9 Å². The van der Waals surface area contributed by atoms with Crippen LogP contribution >= 0.6 is 15.9 Å². The summed E-state index contributed by atoms with van der Waals surface area (Å²) in [5.41, 5.74) is 2.04. The Morgan fingerprint density at radius 3 is 2.60 bits per heavy atom. The minimum Gasteiger partial charge on any atom is -0.352 e. The number of rotatable bonds is 5. The van der Waals surface area contributed by atoms with Gasteiger partial charge in [-0.1, -0.05) is 13.0 Å². The lowest BCUT2D eigenvalue weighted by Gasteiger charge is -2.28. The van der Waals surface area contributed by atoms with E-state index in [2.05, 4.69) is 33.5 Å². The number of benzene rings is 1. The van der Waals surface area contributed by atoms with Gasteiger partial charge < -0.3 is 10.2 Å². The summed E-state index contributed by atoms with van der Waals surface area (Å²) in [6.45, 7) is 4.34. The topological polar surface area (TPSA) is 61.4 Å². The summed E-state index contributed by atoms with van der Waals surface area (Å²) in [4.78, 5) is 24.6. The highest BCUT2D eigenvalue weighted by atomic mass is 79.9. The maximum absolute atomic E-state index is 11.4. The van der Waals surface area contributed by atoms with Gasteiger partial charge >= 0.3 is 0 Å². The van der Waals surface area contributed by atoms with Crippen molar-refractivity contribution in [1.29, 1.82) is 0 Å². The smallest absolute Gasteiger partial charge is 0.246 e. The highest BCUT2D eigenvalue weighted by Gasteiger charge is 2.23. The van der Waals surface area contributed by atoms with Crippen LogP contribution in [-0.2, 0) is 16.1 Å². The molecule has 1 fully saturated rings. The molecule has 108 valence electrons. The number of piperazine rings is 1. The van der Waals surface area contributed by atoms with Crippen molar-refractivity contribution in [3.8, 4) is 0 Å². The van der Waals surface area contributed by atoms with E-state index in [9.17, 15) is 9.59 Å². The van der Waals surface area contributed by atoms with E-state index in [0.717, 1.165) is 29.7 Å². The predicted octanol–water partition coefficient (Wildman–Crippen LogP) is 1.41. The number of amides is 2. The molecule has 2 amide bonds. The summed E-state index contributed by atoms with van der Waals surface area (Å²) < 4.78 is 0.899. The third-order valence-electron chi connectivity index (χ3n) is 3.06. The molecule has 1 aliphatic rings. The lowest BCUT2D eigenvalue weighted by atomic mass is 10.1. The molecule has 0 aromatic heterocycles. The summed E-state index contributed by atoms with van der Waals surface area (Å²) in [5, 5.41) is 5.64. The Morgan fingerprint density at radius 1 is 1.30 bits per heavy atom. The summed E-state index contributed by atoms with van der Waals surface area (Å²) in [7, 11) is 0. The van der Waals surface area contributed by atoms with Gasteiger partial charge in [0.05, 0.1) is 18.8 Å². The van der Waals surface area contributed by atoms with E-state index in [4.69, 9.17) is 0 Å². The lowest BCUT2D eigenvalue weighted by molar-refractivity contribution is -0.130. The second kappa shape index (κ2) is 6.85. The quantitative estimate of drug-likeness (QED) is 0.629. The molecule has 5 nitrogen and oxygen atoms in total. The van der Waals surface area contributed by atoms with Crippen LogP contribution in [0.15, 0.2) is 22.7 Å². The van der Waals surface area contributed by atoms with Gasteiger partial charge in [0.1, 0.15) is 0 Å². The first-order chi connectivity index (χ1) is 9.60. The number of hydrogen-bond acceptors (Lipinski definition) is 4. The second-order valence-electron chi connectivity index (χ2n) is 4.79. The monoisotopic (exact) mass is 339 g/mol. The molecular weight excluding hydrogens is 322 g/mol. The molecule has 0 aliphatic carbocycles. The fourth-order valence-electron chi connectivity index (χ4n) is 2.13. The number of hydrogen-bond donors (Lipinski definition) is 2. The van der Waals surface area contributed by atoms with Gasteiger partial charge in [0.15, 0.2) is 0 Å². The summed E-state index contributed by atoms with van der Waals surface area (Å²) in [5.74, 6) is -0.524. The minimum atomic E-state index is -0.262. The molecule has 1 aliphatic heterocycles. The summed E-state index contributed by atoms with van der Waals surface area (Å²) >= 11 is 3.52. The molecule has 0 saturated carbocycles. The van der Waals surface area contributed by atoms with Crippen molar-refractivity contribution in [3.05, 3.63) is 28.2 Å². The molecule has 1 aromatic carbocycles. The fraction of sp³-hybridized carbons (Fsp3) is 0.429. The van der Waals surface area contributed by atoms with Crippen molar-refractivity contribution in [2.75, 3.05) is 24.5 Å². The maximum atomic E-state index is 11.4. The van der Waals surface area contributed by atoms with Gasteiger partial charge in [0.25, 0.3) is 0 Å². The highest BCUT2D eigenvalue weighted by Crippen LogP contribution is 2.27. The van der Waals surface area contributed by atoms with Gasteiger partial charge in [0.2, 0.25) is 11.8 Å². The first-order valence-corrected chi connectivity index (χ1v) is 7.46. The molecule has 2 rings (SSSR count). The van der Waals surface area contributed by atoms with Crippen molar-refractivity contribution in [1.82, 2.24) is 10.6 Å². The van der Waals surface area contributed by atoms with Crippen LogP contribution in [0.3, 0.4) is 0 Å². The van der Waals surface area contributed by atoms with Crippen LogP contribution in [0.2, 0.25) is 0 Å². The van der Waals surface area contributed by atoms with E-state index in [-0.39, 0.29) is 24.9 Å². The zero-order valence-electron chi connectivity index (χ0n) is 11.4. The van der Waals surface area contributed by atoms with E-state index in [1.807, 2.05) is 18.2 Å². The number of imide groups is 1. The predicted molar refractivity (Wildman–Crippen MR) is 81.5 cm³/mol. The zero-order valence-corrected chi connectivity index (χ0v) is 13.0. The molecule has 0 atom stereocenters. The molecule has 6 heteroatoms. The van der Waals surface area contributed by atoms with Gasteiger partial charge in [-0.05, 0) is 46.6 Å². The average Bonchev–Trinajstić information content (AvgIpc) is 2.38. The molecule has 0 bridgehead atoms. The molecule has 1 saturated heterocycles. The third kappa shape index (κ3) is 3.80. The van der Waals surface area contributed by atoms with Crippen LogP contribution < -0.4 is 15.5 Å². The third-order valence-corrected chi connectivity index (χ3v) is 3.69. The van der Waals surface area contributed by atoms with Crippen molar-refractivity contribution in [3.63, 3.8) is 0 Å². The van der Waals surface area contributed by atoms with E-state index in [0.29, 0.717) is 0 Å². The van der Waals surface area contributed by atoms with Crippen LogP contribution in [0.5, 0.6) is 0 Å². The Kier molecular flexibility index (Phi) is 5.14. The van der Waals surface area contributed by atoms with Crippen LogP contribution in [0.25, 0.3) is 0 Å². The fourth-order valence-corrected chi connectivity index (χ4v) is 2.81. The van der Waals surface area contributed by atoms with Crippen molar-refractivity contribution >= 4 is 33.4 Å². The maximum Gasteiger partial charge on any atom is 0.246 e. The Labute approximate surface area is 126 Å². The van der Waals surface area contributed by atoms with Gasteiger partial charge in [-0.25, -0.2) is 0 Å². The van der Waals surface area contributed by atoms with Gasteiger partial charge in [-0.15, -0.1) is 0 Å². The number of nitrogens with zero attached hydrogens (tertiary/aromatic N) is 1. The van der Waals surface area contributed by atoms with Crippen molar-refractivity contribution < 1.29 is 9.59 Å². The lowest BCUT2D eigenvalue weighted by Crippen LogP contribution is -2.51. The van der Waals surface area contributed by atoms with Gasteiger partial charge in [0, 0.05) is 11.0 Å². The SMILES string of the molecule is CCCNCc1ccc(N2CC(=O)NC(=O)C2)c(Br)c1. The first-order valence-electron chi connectivity index (χ1n) is 6.67. The summed E-state index contributed by atoms with van der Waals surface area (Å²) in [6.07, 6.45) is 1.10. The number of anilines is 1. The van der Waals surface area contributed by atoms with Crippen LogP contribution in [0, 0.1) is 0 Å². The van der Waals surface area contributed by atoms with E-state index in [1.165, 1.54) is 5.56 Å². The van der Waals surface area contributed by atoms with Crippen molar-refractivity contribution in [2.24, 2.45) is 0 Å². The van der Waals surface area contributed by atoms with Crippen LogP contribution in [0.4, 0.5) is 5.69 Å². The van der Waals surface area contributed by atoms with Gasteiger partial charge in [-0.3, -0.25) is 14.9 Å². The van der Waals surface area contributed by atoms with E-state index >= 15 is 0 Å².